The summed E-state index contributed by atoms with van der Waals surface area (Å²) in [5.41, 5.74) is 3.20. The molecule has 0 aliphatic carbocycles. The van der Waals surface area contributed by atoms with Crippen LogP contribution < -0.4 is 5.32 Å². The van der Waals surface area contributed by atoms with Crippen molar-refractivity contribution in [2.45, 2.75) is 13.8 Å². The number of hydrogen-bond acceptors (Lipinski definition) is 5. The van der Waals surface area contributed by atoms with Crippen LogP contribution in [0.1, 0.15) is 21.5 Å². The number of nitrogens with zero attached hydrogens (tertiary/aromatic N) is 2. The molecule has 1 fully saturated rings. The Morgan fingerprint density at radius 1 is 1.00 bits per heavy atom. The fourth-order valence-electron chi connectivity index (χ4n) is 3.47. The third-order valence-corrected chi connectivity index (χ3v) is 5.46. The van der Waals surface area contributed by atoms with E-state index in [-0.39, 0.29) is 25.0 Å². The molecule has 0 aromatic heterocycles. The van der Waals surface area contributed by atoms with Crippen molar-refractivity contribution in [3.8, 4) is 0 Å². The molecule has 2 amide bonds. The van der Waals surface area contributed by atoms with E-state index in [9.17, 15) is 14.4 Å². The number of amides is 2. The van der Waals surface area contributed by atoms with Gasteiger partial charge in [0.2, 0.25) is 5.91 Å². The van der Waals surface area contributed by atoms with E-state index in [1.165, 1.54) is 6.07 Å². The van der Waals surface area contributed by atoms with Crippen LogP contribution in [-0.4, -0.2) is 66.9 Å². The topological polar surface area (TPSA) is 79.0 Å². The van der Waals surface area contributed by atoms with Gasteiger partial charge < -0.3 is 15.0 Å². The number of hydrogen-bond donors (Lipinski definition) is 1. The summed E-state index contributed by atoms with van der Waals surface area (Å²) in [6, 6.07) is 12.3. The first kappa shape index (κ1) is 22.8. The summed E-state index contributed by atoms with van der Waals surface area (Å²) in [4.78, 5) is 40.5. The van der Waals surface area contributed by atoms with Crippen molar-refractivity contribution in [3.05, 3.63) is 64.2 Å². The highest BCUT2D eigenvalue weighted by Crippen LogP contribution is 2.19. The molecule has 8 heteroatoms. The maximum absolute atomic E-state index is 12.4. The van der Waals surface area contributed by atoms with Gasteiger partial charge in [-0.3, -0.25) is 14.5 Å². The van der Waals surface area contributed by atoms with Crippen molar-refractivity contribution in [1.82, 2.24) is 9.80 Å². The van der Waals surface area contributed by atoms with Gasteiger partial charge in [0.25, 0.3) is 5.91 Å². The molecule has 0 spiro atoms. The van der Waals surface area contributed by atoms with Crippen LogP contribution in [0.25, 0.3) is 0 Å². The van der Waals surface area contributed by atoms with Crippen LogP contribution in [0.2, 0.25) is 5.02 Å². The number of para-hydroxylation sites is 1. The molecule has 1 heterocycles. The minimum Gasteiger partial charge on any atom is -0.452 e. The second kappa shape index (κ2) is 10.4. The van der Waals surface area contributed by atoms with Crippen molar-refractivity contribution >= 4 is 35.1 Å². The fourth-order valence-corrected chi connectivity index (χ4v) is 3.66. The normalized spacial score (nSPS) is 14.2. The van der Waals surface area contributed by atoms with Crippen molar-refractivity contribution in [3.63, 3.8) is 0 Å². The molecule has 0 radical (unpaired) electrons. The van der Waals surface area contributed by atoms with E-state index in [0.29, 0.717) is 36.8 Å². The Kier molecular flexibility index (Phi) is 7.65. The van der Waals surface area contributed by atoms with E-state index in [4.69, 9.17) is 16.3 Å². The number of piperazine rings is 1. The molecule has 164 valence electrons. The third kappa shape index (κ3) is 6.29. The van der Waals surface area contributed by atoms with Gasteiger partial charge in [-0.1, -0.05) is 35.9 Å². The Morgan fingerprint density at radius 3 is 2.29 bits per heavy atom. The number of nitrogens with one attached hydrogen (secondary N) is 1. The average Bonchev–Trinajstić information content (AvgIpc) is 2.75. The molecule has 3 rings (SSSR count). The van der Waals surface area contributed by atoms with Gasteiger partial charge in [0.1, 0.15) is 0 Å². The number of ether oxygens (including phenoxy) is 1. The molecule has 0 unspecified atom stereocenters. The second-order valence-electron chi connectivity index (χ2n) is 7.56. The van der Waals surface area contributed by atoms with E-state index >= 15 is 0 Å². The van der Waals surface area contributed by atoms with Crippen molar-refractivity contribution < 1.29 is 19.1 Å². The maximum atomic E-state index is 12.4. The molecular weight excluding hydrogens is 418 g/mol. The predicted octanol–water partition coefficient (Wildman–Crippen LogP) is 2.90. The van der Waals surface area contributed by atoms with E-state index < -0.39 is 5.97 Å². The lowest BCUT2D eigenvalue weighted by Crippen LogP contribution is -2.51. The lowest BCUT2D eigenvalue weighted by molar-refractivity contribution is -0.136. The first-order chi connectivity index (χ1) is 14.8. The molecule has 2 aromatic carbocycles. The van der Waals surface area contributed by atoms with E-state index in [1.54, 1.807) is 23.1 Å². The van der Waals surface area contributed by atoms with Crippen molar-refractivity contribution in [1.29, 1.82) is 0 Å². The number of anilines is 1. The molecule has 1 aliphatic rings. The second-order valence-corrected chi connectivity index (χ2v) is 7.99. The summed E-state index contributed by atoms with van der Waals surface area (Å²) in [6.07, 6.45) is 0. The molecule has 1 aliphatic heterocycles. The average molecular weight is 444 g/mol. The number of carbonyl (C=O) groups excluding carboxylic acids is 3. The van der Waals surface area contributed by atoms with Crippen LogP contribution in [-0.2, 0) is 14.3 Å². The van der Waals surface area contributed by atoms with Gasteiger partial charge in [0.05, 0.1) is 12.1 Å². The Morgan fingerprint density at radius 2 is 1.65 bits per heavy atom. The van der Waals surface area contributed by atoms with Gasteiger partial charge in [-0.25, -0.2) is 4.79 Å². The van der Waals surface area contributed by atoms with Crippen LogP contribution in [0.4, 0.5) is 5.69 Å². The minimum absolute atomic E-state index is 0.0763. The molecule has 1 N–H and O–H groups in total. The summed E-state index contributed by atoms with van der Waals surface area (Å²) >= 11 is 5.87. The molecule has 0 bridgehead atoms. The molecule has 0 saturated carbocycles. The highest BCUT2D eigenvalue weighted by molar-refractivity contribution is 6.30. The van der Waals surface area contributed by atoms with Crippen LogP contribution >= 0.6 is 11.6 Å². The Hall–Kier alpha value is -2.90. The smallest absolute Gasteiger partial charge is 0.338 e. The third-order valence-electron chi connectivity index (χ3n) is 5.22. The van der Waals surface area contributed by atoms with Crippen molar-refractivity contribution in [2.75, 3.05) is 44.6 Å². The van der Waals surface area contributed by atoms with Gasteiger partial charge >= 0.3 is 5.97 Å². The van der Waals surface area contributed by atoms with Gasteiger partial charge in [-0.2, -0.15) is 0 Å². The molecule has 31 heavy (non-hydrogen) atoms. The number of benzene rings is 2. The number of carbonyl (C=O) groups is 3. The SMILES string of the molecule is Cc1cccc(C)c1NC(=O)CN1CCN(C(=O)COC(=O)c2cccc(Cl)c2)CC1. The maximum Gasteiger partial charge on any atom is 0.338 e. The molecule has 7 nitrogen and oxygen atoms in total. The predicted molar refractivity (Wildman–Crippen MR) is 119 cm³/mol. The van der Waals surface area contributed by atoms with E-state index in [2.05, 4.69) is 5.32 Å². The Bertz CT molecular complexity index is 951. The number of esters is 1. The molecule has 2 aromatic rings. The lowest BCUT2D eigenvalue weighted by atomic mass is 10.1. The molecular formula is C23H26ClN3O4. The summed E-state index contributed by atoms with van der Waals surface area (Å²) in [6.45, 7) is 5.98. The first-order valence-electron chi connectivity index (χ1n) is 10.1. The standard InChI is InChI=1S/C23H26ClN3O4/c1-16-5-3-6-17(2)22(16)25-20(28)14-26-9-11-27(12-10-26)21(29)15-31-23(30)18-7-4-8-19(24)13-18/h3-8,13H,9-12,14-15H2,1-2H3,(H,25,28). The number of halogens is 1. The van der Waals surface area contributed by atoms with Gasteiger partial charge in [-0.05, 0) is 43.2 Å². The minimum atomic E-state index is -0.586. The zero-order chi connectivity index (χ0) is 22.4. The molecule has 0 atom stereocenters. The van der Waals surface area contributed by atoms with Gasteiger partial charge in [-0.15, -0.1) is 0 Å². The summed E-state index contributed by atoms with van der Waals surface area (Å²) < 4.78 is 5.11. The van der Waals surface area contributed by atoms with Crippen LogP contribution in [0.5, 0.6) is 0 Å². The Labute approximate surface area is 186 Å². The quantitative estimate of drug-likeness (QED) is 0.694. The summed E-state index contributed by atoms with van der Waals surface area (Å²) in [5, 5.41) is 3.41. The monoisotopic (exact) mass is 443 g/mol. The largest absolute Gasteiger partial charge is 0.452 e. The summed E-state index contributed by atoms with van der Waals surface area (Å²) in [7, 11) is 0. The van der Waals surface area contributed by atoms with Crippen LogP contribution in [0.15, 0.2) is 42.5 Å². The highest BCUT2D eigenvalue weighted by Gasteiger charge is 2.23. The van der Waals surface area contributed by atoms with E-state index in [0.717, 1.165) is 16.8 Å². The fraction of sp³-hybridized carbons (Fsp3) is 0.348. The van der Waals surface area contributed by atoms with Gasteiger partial charge in [0, 0.05) is 36.9 Å². The summed E-state index contributed by atoms with van der Waals surface area (Å²) in [5.74, 6) is -0.916. The number of rotatable bonds is 6. The van der Waals surface area contributed by atoms with Gasteiger partial charge in [0.15, 0.2) is 6.61 Å². The van der Waals surface area contributed by atoms with E-state index in [1.807, 2.05) is 36.9 Å². The van der Waals surface area contributed by atoms with Crippen LogP contribution in [0, 0.1) is 13.8 Å². The Balaban J connectivity index is 1.42. The first-order valence-corrected chi connectivity index (χ1v) is 10.5. The molecule has 1 saturated heterocycles. The lowest BCUT2D eigenvalue weighted by Gasteiger charge is -2.34. The number of aryl methyl sites for hydroxylation is 2. The van der Waals surface area contributed by atoms with Crippen LogP contribution in [0.3, 0.4) is 0 Å². The zero-order valence-electron chi connectivity index (χ0n) is 17.7. The highest BCUT2D eigenvalue weighted by atomic mass is 35.5. The van der Waals surface area contributed by atoms with Crippen molar-refractivity contribution in [2.24, 2.45) is 0 Å². The zero-order valence-corrected chi connectivity index (χ0v) is 18.4.